The zero-order valence-electron chi connectivity index (χ0n) is 38.6. The number of fused-ring (bicyclic) bond motifs is 4. The summed E-state index contributed by atoms with van der Waals surface area (Å²) < 4.78 is 11.3. The van der Waals surface area contributed by atoms with E-state index in [2.05, 4.69) is 78.7 Å². The van der Waals surface area contributed by atoms with Gasteiger partial charge in [-0.25, -0.2) is 9.97 Å². The van der Waals surface area contributed by atoms with E-state index < -0.39 is 22.8 Å². The molecule has 68 heavy (non-hydrogen) atoms. The van der Waals surface area contributed by atoms with Crippen LogP contribution >= 0.6 is 23.2 Å². The number of nitrogens with zero attached hydrogens (tertiary/aromatic N) is 8. The van der Waals surface area contributed by atoms with E-state index in [1.165, 1.54) is 34.6 Å². The van der Waals surface area contributed by atoms with Gasteiger partial charge in [-0.3, -0.25) is 9.59 Å². The lowest BCUT2D eigenvalue weighted by molar-refractivity contribution is -0.143. The van der Waals surface area contributed by atoms with Gasteiger partial charge in [0, 0.05) is 50.6 Å². The molecule has 4 aliphatic heterocycles. The SMILES string of the molecule is COc1cc2c(cc1Nc1ncc(Cl)c(N3C[C@@](C)(C(=O)O)c4ccccc43)n1)CN(C)CC2.COc1cc2c(cc1Nc1ncc(Cl)c(N3C[C@](C)(C(=O)O)c4ccccc43)n1)CN(C)CC2. The third-order valence-corrected chi connectivity index (χ3v) is 13.9. The molecule has 6 heterocycles. The topological polar surface area (TPSA) is 182 Å². The number of nitrogens with one attached hydrogen (secondary N) is 2. The Morgan fingerprint density at radius 1 is 0.632 bits per heavy atom. The van der Waals surface area contributed by atoms with Crippen molar-refractivity contribution in [3.05, 3.63) is 129 Å². The maximum Gasteiger partial charge on any atom is 0.315 e. The first-order chi connectivity index (χ1) is 32.6. The summed E-state index contributed by atoms with van der Waals surface area (Å²) >= 11 is 13.0. The normalized spacial score (nSPS) is 19.5. The third kappa shape index (κ3) is 8.57. The third-order valence-electron chi connectivity index (χ3n) is 13.4. The predicted octanol–water partition coefficient (Wildman–Crippen LogP) is 8.73. The second kappa shape index (κ2) is 18.4. The number of anilines is 8. The summed E-state index contributed by atoms with van der Waals surface area (Å²) in [6.07, 6.45) is 5.01. The Kier molecular flexibility index (Phi) is 12.6. The molecular formula is C50H52Cl2N10O6. The lowest BCUT2D eigenvalue weighted by Gasteiger charge is -2.26. The summed E-state index contributed by atoms with van der Waals surface area (Å²) in [5, 5.41) is 27.2. The van der Waals surface area contributed by atoms with E-state index in [1.807, 2.05) is 58.3 Å². The molecule has 0 bridgehead atoms. The number of benzene rings is 4. The van der Waals surface area contributed by atoms with Gasteiger partial charge in [0.25, 0.3) is 0 Å². The quantitative estimate of drug-likeness (QED) is 0.102. The molecule has 18 heteroatoms. The molecule has 0 saturated carbocycles. The number of halogens is 2. The van der Waals surface area contributed by atoms with Crippen LogP contribution in [0, 0.1) is 0 Å². The van der Waals surface area contributed by atoms with Crippen LogP contribution in [0.3, 0.4) is 0 Å². The van der Waals surface area contributed by atoms with Gasteiger partial charge in [-0.2, -0.15) is 9.97 Å². The first kappa shape index (κ1) is 46.4. The van der Waals surface area contributed by atoms with Gasteiger partial charge in [0.1, 0.15) is 32.4 Å². The second-order valence-corrected chi connectivity index (χ2v) is 18.9. The van der Waals surface area contributed by atoms with E-state index in [4.69, 9.17) is 32.7 Å². The van der Waals surface area contributed by atoms with Gasteiger partial charge in [-0.05, 0) is 111 Å². The van der Waals surface area contributed by atoms with Crippen LogP contribution in [0.25, 0.3) is 0 Å². The van der Waals surface area contributed by atoms with Crippen LogP contribution in [0.5, 0.6) is 11.5 Å². The van der Waals surface area contributed by atoms with E-state index in [9.17, 15) is 19.8 Å². The molecule has 4 N–H and O–H groups in total. The highest BCUT2D eigenvalue weighted by atomic mass is 35.5. The fourth-order valence-electron chi connectivity index (χ4n) is 9.51. The van der Waals surface area contributed by atoms with Gasteiger partial charge in [0.15, 0.2) is 11.6 Å². The molecule has 2 atom stereocenters. The van der Waals surface area contributed by atoms with E-state index in [0.29, 0.717) is 45.1 Å². The molecule has 10 rings (SSSR count). The molecule has 4 aromatic carbocycles. The van der Waals surface area contributed by atoms with Gasteiger partial charge < -0.3 is 49.9 Å². The van der Waals surface area contributed by atoms with Crippen LogP contribution in [-0.4, -0.2) is 106 Å². The summed E-state index contributed by atoms with van der Waals surface area (Å²) in [7, 11) is 7.50. The molecule has 352 valence electrons. The number of para-hydroxylation sites is 2. The van der Waals surface area contributed by atoms with Gasteiger partial charge >= 0.3 is 11.9 Å². The van der Waals surface area contributed by atoms with Gasteiger partial charge in [0.2, 0.25) is 11.9 Å². The van der Waals surface area contributed by atoms with Crippen molar-refractivity contribution in [2.75, 3.05) is 74.9 Å². The number of carboxylic acid groups (broad SMARTS) is 2. The highest BCUT2D eigenvalue weighted by molar-refractivity contribution is 6.33. The van der Waals surface area contributed by atoms with E-state index in [1.54, 1.807) is 28.1 Å². The number of aliphatic carboxylic acids is 2. The zero-order valence-corrected chi connectivity index (χ0v) is 40.1. The highest BCUT2D eigenvalue weighted by Gasteiger charge is 2.47. The number of hydrogen-bond acceptors (Lipinski definition) is 14. The molecule has 0 saturated heterocycles. The number of likely N-dealkylation sites (N-methyl/N-ethyl adjacent to an activating group) is 2. The molecule has 2 aromatic heterocycles. The van der Waals surface area contributed by atoms with Gasteiger partial charge in [-0.1, -0.05) is 59.6 Å². The average molecular weight is 960 g/mol. The number of ether oxygens (including phenoxy) is 2. The Morgan fingerprint density at radius 2 is 1.03 bits per heavy atom. The number of carboxylic acids is 2. The maximum atomic E-state index is 12.1. The number of hydrogen-bond donors (Lipinski definition) is 4. The minimum atomic E-state index is -1.08. The van der Waals surface area contributed by atoms with E-state index in [0.717, 1.165) is 72.9 Å². The number of carbonyl (C=O) groups is 2. The minimum absolute atomic E-state index is 0.215. The summed E-state index contributed by atoms with van der Waals surface area (Å²) in [4.78, 5) is 50.7. The monoisotopic (exact) mass is 958 g/mol. The Bertz CT molecular complexity index is 2760. The van der Waals surface area contributed by atoms with Crippen molar-refractivity contribution in [1.29, 1.82) is 0 Å². The van der Waals surface area contributed by atoms with E-state index in [-0.39, 0.29) is 13.1 Å². The standard InChI is InChI=1S/2C25H26ClN5O3/c2*1-25(23(32)33)14-31(20-7-5-4-6-17(20)25)22-18(26)12-27-24(29-22)28-19-10-16-13-30(2)9-8-15(16)11-21(19)34-3/h2*4-7,10-12H,8-9,13-14H2,1-3H3,(H,32,33)(H,27,28,29)/t2*25-/m10/s1. The summed E-state index contributed by atoms with van der Waals surface area (Å²) in [6.45, 7) is 7.62. The number of aromatic nitrogens is 4. The Hall–Kier alpha value is -6.72. The van der Waals surface area contributed by atoms with Crippen molar-refractivity contribution in [3.8, 4) is 11.5 Å². The minimum Gasteiger partial charge on any atom is -0.495 e. The molecule has 6 aromatic rings. The van der Waals surface area contributed by atoms with Crippen molar-refractivity contribution in [3.63, 3.8) is 0 Å². The summed E-state index contributed by atoms with van der Waals surface area (Å²) in [6, 6.07) is 23.2. The van der Waals surface area contributed by atoms with Crippen molar-refractivity contribution >= 4 is 81.4 Å². The van der Waals surface area contributed by atoms with Crippen molar-refractivity contribution < 1.29 is 29.3 Å². The smallest absolute Gasteiger partial charge is 0.315 e. The lowest BCUT2D eigenvalue weighted by Crippen LogP contribution is -2.36. The van der Waals surface area contributed by atoms with Crippen molar-refractivity contribution in [2.45, 2.75) is 50.6 Å². The second-order valence-electron chi connectivity index (χ2n) is 18.1. The largest absolute Gasteiger partial charge is 0.495 e. The van der Waals surface area contributed by atoms with Crippen molar-refractivity contribution in [1.82, 2.24) is 29.7 Å². The van der Waals surface area contributed by atoms with Crippen LogP contribution < -0.4 is 29.9 Å². The Balaban J connectivity index is 0.000000170. The average Bonchev–Trinajstić information content (AvgIpc) is 3.82. The molecule has 0 spiro atoms. The zero-order chi connectivity index (χ0) is 48.1. The van der Waals surface area contributed by atoms with Crippen LogP contribution in [-0.2, 0) is 46.4 Å². The molecule has 0 unspecified atom stereocenters. The van der Waals surface area contributed by atoms with Gasteiger partial charge in [0.05, 0.1) is 38.0 Å². The van der Waals surface area contributed by atoms with Crippen LogP contribution in [0.4, 0.5) is 46.3 Å². The fourth-order valence-corrected chi connectivity index (χ4v) is 9.90. The predicted molar refractivity (Wildman–Crippen MR) is 264 cm³/mol. The first-order valence-electron chi connectivity index (χ1n) is 22.2. The molecule has 0 aliphatic carbocycles. The molecule has 16 nitrogen and oxygen atoms in total. The van der Waals surface area contributed by atoms with Crippen LogP contribution in [0.1, 0.15) is 47.2 Å². The Labute approximate surface area is 404 Å². The fraction of sp³-hybridized carbons (Fsp3) is 0.320. The number of rotatable bonds is 10. The first-order valence-corrected chi connectivity index (χ1v) is 22.9. The van der Waals surface area contributed by atoms with Crippen LogP contribution in [0.2, 0.25) is 10.0 Å². The summed E-state index contributed by atoms with van der Waals surface area (Å²) in [5.41, 5.74) is 7.40. The molecule has 0 fully saturated rings. The maximum absolute atomic E-state index is 12.1. The van der Waals surface area contributed by atoms with Crippen LogP contribution in [0.15, 0.2) is 85.2 Å². The molecule has 0 amide bonds. The van der Waals surface area contributed by atoms with E-state index >= 15 is 0 Å². The summed E-state index contributed by atoms with van der Waals surface area (Å²) in [5.74, 6) is 1.25. The molecule has 4 aliphatic rings. The Morgan fingerprint density at radius 3 is 1.41 bits per heavy atom. The van der Waals surface area contributed by atoms with Crippen molar-refractivity contribution in [2.24, 2.45) is 0 Å². The highest BCUT2D eigenvalue weighted by Crippen LogP contribution is 2.48. The molecular weight excluding hydrogens is 908 g/mol. The lowest BCUT2D eigenvalue weighted by atomic mass is 9.85. The van der Waals surface area contributed by atoms with Gasteiger partial charge in [-0.15, -0.1) is 0 Å². The number of methoxy groups -OCH3 is 2. The molecule has 0 radical (unpaired) electrons.